The molecular weight excluding hydrogens is 359 g/mol. The van der Waals surface area contributed by atoms with E-state index in [0.717, 1.165) is 32.6 Å². The summed E-state index contributed by atoms with van der Waals surface area (Å²) < 4.78 is 14.9. The fourth-order valence-corrected chi connectivity index (χ4v) is 7.74. The highest BCUT2D eigenvalue weighted by atomic mass is 31.2. The van der Waals surface area contributed by atoms with Crippen LogP contribution < -0.4 is 5.30 Å². The Kier molecular flexibility index (Phi) is 4.19. The first-order chi connectivity index (χ1) is 13.8. The van der Waals surface area contributed by atoms with Crippen LogP contribution >= 0.6 is 7.14 Å². The monoisotopic (exact) mass is 379 g/mol. The Hall–Kier alpha value is -3.02. The van der Waals surface area contributed by atoms with E-state index in [-0.39, 0.29) is 5.92 Å². The van der Waals surface area contributed by atoms with Gasteiger partial charge in [-0.15, -0.1) is 0 Å². The summed E-state index contributed by atoms with van der Waals surface area (Å²) in [5.74, 6) is 0.0358. The smallest absolute Gasteiger partial charge is 0.172 e. The van der Waals surface area contributed by atoms with Crippen molar-refractivity contribution >= 4 is 23.3 Å². The lowest BCUT2D eigenvalue weighted by atomic mass is 9.86. The van der Waals surface area contributed by atoms with Gasteiger partial charge in [-0.1, -0.05) is 91.0 Å². The Morgan fingerprint density at radius 1 is 0.714 bits per heavy atom. The molecule has 5 rings (SSSR count). The van der Waals surface area contributed by atoms with Crippen LogP contribution in [0.15, 0.2) is 115 Å². The van der Waals surface area contributed by atoms with Crippen molar-refractivity contribution in [2.75, 3.05) is 0 Å². The van der Waals surface area contributed by atoms with Gasteiger partial charge in [0.2, 0.25) is 0 Å². The Bertz CT molecular complexity index is 1140. The third kappa shape index (κ3) is 2.55. The number of rotatable bonds is 3. The minimum Gasteiger partial charge on any atom is -0.309 e. The largest absolute Gasteiger partial charge is 0.309 e. The van der Waals surface area contributed by atoms with Crippen molar-refractivity contribution in [3.8, 4) is 0 Å². The molecule has 2 aliphatic rings. The highest BCUT2D eigenvalue weighted by molar-refractivity contribution is 7.85. The fourth-order valence-electron chi connectivity index (χ4n) is 4.31. The first-order valence-electron chi connectivity index (χ1n) is 9.53. The molecule has 2 heteroatoms. The molecule has 134 valence electrons. The second kappa shape index (κ2) is 6.86. The van der Waals surface area contributed by atoms with E-state index in [1.165, 1.54) is 0 Å². The number of hydrogen-bond acceptors (Lipinski definition) is 1. The van der Waals surface area contributed by atoms with Gasteiger partial charge in [0.1, 0.15) is 5.92 Å². The molecule has 1 aliphatic heterocycles. The van der Waals surface area contributed by atoms with Gasteiger partial charge in [-0.05, 0) is 11.1 Å². The third-order valence-electron chi connectivity index (χ3n) is 5.50. The van der Waals surface area contributed by atoms with E-state index in [0.29, 0.717) is 0 Å². The summed E-state index contributed by atoms with van der Waals surface area (Å²) in [6, 6.07) is 30.6. The number of benzene rings is 3. The standard InChI is InChI=1S/C26H20OP/c27-28(22-16-8-3-9-17-22)24-19-11-10-18-23(24)25(20-12-4-1-5-13-20)26(28)21-14-6-2-7-15-21/h1-19,23H/q+1. The lowest BCUT2D eigenvalue weighted by molar-refractivity contribution is 0.590. The Morgan fingerprint density at radius 3 is 1.93 bits per heavy atom. The molecule has 0 saturated heterocycles. The van der Waals surface area contributed by atoms with E-state index >= 15 is 0 Å². The molecule has 2 atom stereocenters. The molecule has 1 nitrogen and oxygen atoms in total. The molecule has 0 bridgehead atoms. The van der Waals surface area contributed by atoms with Crippen LogP contribution in [0.4, 0.5) is 0 Å². The molecule has 1 heterocycles. The van der Waals surface area contributed by atoms with Crippen LogP contribution in [0.5, 0.6) is 0 Å². The van der Waals surface area contributed by atoms with Gasteiger partial charge < -0.3 is 4.57 Å². The first-order valence-corrected chi connectivity index (χ1v) is 11.2. The van der Waals surface area contributed by atoms with Gasteiger partial charge in [0, 0.05) is 27.6 Å². The zero-order chi connectivity index (χ0) is 19.0. The van der Waals surface area contributed by atoms with Crippen molar-refractivity contribution in [3.05, 3.63) is 132 Å². The summed E-state index contributed by atoms with van der Waals surface area (Å²) in [5.41, 5.74) is 3.34. The second-order valence-corrected chi connectivity index (χ2v) is 9.78. The maximum absolute atomic E-state index is 14.9. The fraction of sp³-hybridized carbons (Fsp3) is 0.0385. The number of hydrogen-bond donors (Lipinski definition) is 0. The van der Waals surface area contributed by atoms with Crippen molar-refractivity contribution in [3.63, 3.8) is 0 Å². The van der Waals surface area contributed by atoms with Crippen molar-refractivity contribution in [2.45, 2.75) is 0 Å². The average Bonchev–Trinajstić information content (AvgIpc) is 3.06. The van der Waals surface area contributed by atoms with Gasteiger partial charge in [0.15, 0.2) is 7.14 Å². The van der Waals surface area contributed by atoms with E-state index in [1.54, 1.807) is 0 Å². The van der Waals surface area contributed by atoms with E-state index in [1.807, 2.05) is 60.7 Å². The molecule has 3 aromatic carbocycles. The Morgan fingerprint density at radius 2 is 1.29 bits per heavy atom. The zero-order valence-corrected chi connectivity index (χ0v) is 16.3. The quantitative estimate of drug-likeness (QED) is 0.373. The van der Waals surface area contributed by atoms with Gasteiger partial charge in [-0.2, -0.15) is 0 Å². The molecule has 0 aromatic heterocycles. The minimum atomic E-state index is -2.95. The molecule has 0 saturated carbocycles. The van der Waals surface area contributed by atoms with Gasteiger partial charge in [0.05, 0.1) is 18.6 Å². The van der Waals surface area contributed by atoms with Crippen LogP contribution in [-0.2, 0) is 4.57 Å². The molecule has 3 aromatic rings. The summed E-state index contributed by atoms with van der Waals surface area (Å²) in [5, 5.41) is 2.89. The summed E-state index contributed by atoms with van der Waals surface area (Å²) in [6.07, 6.45) is 8.33. The van der Waals surface area contributed by atoms with Crippen LogP contribution in [0, 0.1) is 12.3 Å². The van der Waals surface area contributed by atoms with Crippen LogP contribution in [0.3, 0.4) is 0 Å². The van der Waals surface area contributed by atoms with Crippen LogP contribution in [0.2, 0.25) is 0 Å². The second-order valence-electron chi connectivity index (χ2n) is 7.09. The highest BCUT2D eigenvalue weighted by Gasteiger charge is 2.51. The first kappa shape index (κ1) is 17.1. The predicted molar refractivity (Wildman–Crippen MR) is 118 cm³/mol. The lowest BCUT2D eigenvalue weighted by Gasteiger charge is -2.20. The average molecular weight is 379 g/mol. The van der Waals surface area contributed by atoms with Gasteiger partial charge in [0.25, 0.3) is 0 Å². The minimum absolute atomic E-state index is 0.0358. The van der Waals surface area contributed by atoms with E-state index in [9.17, 15) is 4.57 Å². The maximum Gasteiger partial charge on any atom is 0.172 e. The molecule has 1 aliphatic carbocycles. The molecule has 0 N–H and O–H groups in total. The van der Waals surface area contributed by atoms with Crippen molar-refractivity contribution < 1.29 is 4.57 Å². The molecule has 0 radical (unpaired) electrons. The summed E-state index contributed by atoms with van der Waals surface area (Å²) >= 11 is 0. The van der Waals surface area contributed by atoms with E-state index in [2.05, 4.69) is 55.0 Å². The van der Waals surface area contributed by atoms with Crippen molar-refractivity contribution in [1.29, 1.82) is 0 Å². The van der Waals surface area contributed by atoms with Crippen LogP contribution in [0.1, 0.15) is 11.1 Å². The van der Waals surface area contributed by atoms with E-state index in [4.69, 9.17) is 0 Å². The number of allylic oxidation sites excluding steroid dienone is 5. The summed E-state index contributed by atoms with van der Waals surface area (Å²) in [7, 11) is -2.95. The van der Waals surface area contributed by atoms with Crippen molar-refractivity contribution in [1.82, 2.24) is 0 Å². The Balaban J connectivity index is 1.89. The van der Waals surface area contributed by atoms with E-state index < -0.39 is 7.14 Å². The maximum atomic E-state index is 14.9. The predicted octanol–water partition coefficient (Wildman–Crippen LogP) is 6.53. The van der Waals surface area contributed by atoms with Crippen LogP contribution in [0.25, 0.3) is 10.9 Å². The van der Waals surface area contributed by atoms with Gasteiger partial charge in [-0.3, -0.25) is 0 Å². The molecule has 0 fully saturated rings. The normalized spacial score (nSPS) is 23.1. The van der Waals surface area contributed by atoms with Gasteiger partial charge in [-0.25, -0.2) is 0 Å². The molecule has 0 amide bonds. The molecule has 0 spiro atoms. The van der Waals surface area contributed by atoms with Crippen LogP contribution in [-0.4, -0.2) is 0 Å². The summed E-state index contributed by atoms with van der Waals surface area (Å²) in [4.78, 5) is 0. The topological polar surface area (TPSA) is 17.1 Å². The third-order valence-corrected chi connectivity index (χ3v) is 8.81. The Labute approximate surface area is 166 Å². The highest BCUT2D eigenvalue weighted by Crippen LogP contribution is 2.75. The summed E-state index contributed by atoms with van der Waals surface area (Å²) in [6.45, 7) is 0. The molecule has 28 heavy (non-hydrogen) atoms. The van der Waals surface area contributed by atoms with Gasteiger partial charge >= 0.3 is 0 Å². The zero-order valence-electron chi connectivity index (χ0n) is 15.4. The lowest BCUT2D eigenvalue weighted by Crippen LogP contribution is -2.09. The SMILES string of the molecule is O=P1(c2ccccc2)C2=CC=C[CH+]C2C(c2ccccc2)=C1c1ccccc1. The molecular formula is C26H20OP+. The number of fused-ring (bicyclic) bond motifs is 1. The van der Waals surface area contributed by atoms with Crippen molar-refractivity contribution in [2.24, 2.45) is 5.92 Å². The molecule has 2 unspecified atom stereocenters.